The molecule has 0 radical (unpaired) electrons. The van der Waals surface area contributed by atoms with Gasteiger partial charge in [-0.2, -0.15) is 0 Å². The maximum absolute atomic E-state index is 12.4. The highest BCUT2D eigenvalue weighted by Gasteiger charge is 2.17. The van der Waals surface area contributed by atoms with E-state index in [1.165, 1.54) is 19.2 Å². The van der Waals surface area contributed by atoms with Crippen molar-refractivity contribution in [1.29, 1.82) is 0 Å². The van der Waals surface area contributed by atoms with E-state index in [4.69, 9.17) is 32.4 Å². The van der Waals surface area contributed by atoms with Crippen LogP contribution in [-0.2, 0) is 0 Å². The number of hydrogen-bond donors (Lipinski definition) is 1. The summed E-state index contributed by atoms with van der Waals surface area (Å²) in [6.07, 6.45) is 0. The molecule has 0 aliphatic carbocycles. The van der Waals surface area contributed by atoms with Gasteiger partial charge in [-0.3, -0.25) is 4.79 Å². The third kappa shape index (κ3) is 3.09. The van der Waals surface area contributed by atoms with Gasteiger partial charge in [0.1, 0.15) is 11.3 Å². The van der Waals surface area contributed by atoms with Crippen LogP contribution in [0.25, 0.3) is 11.0 Å². The Bertz CT molecular complexity index is 998. The lowest BCUT2D eigenvalue weighted by molar-refractivity contribution is 0.102. The second kappa shape index (κ2) is 6.55. The molecule has 0 unspecified atom stereocenters. The number of carbonyl (C=O) groups excluding carboxylic acids is 1. The molecule has 3 aromatic rings. The smallest absolute Gasteiger partial charge is 0.349 e. The van der Waals surface area contributed by atoms with Crippen LogP contribution >= 0.6 is 23.2 Å². The van der Waals surface area contributed by atoms with E-state index in [1.807, 2.05) is 0 Å². The molecule has 24 heavy (non-hydrogen) atoms. The van der Waals surface area contributed by atoms with Gasteiger partial charge in [0.05, 0.1) is 17.8 Å². The SMILES string of the molecule is COc1ccccc1NC(=O)c1cc2cc(Cl)cc(Cl)c2oc1=O. The molecule has 1 amide bonds. The maximum Gasteiger partial charge on any atom is 0.349 e. The van der Waals surface area contributed by atoms with Crippen LogP contribution in [0.2, 0.25) is 10.0 Å². The van der Waals surface area contributed by atoms with E-state index in [9.17, 15) is 9.59 Å². The van der Waals surface area contributed by atoms with Gasteiger partial charge >= 0.3 is 5.63 Å². The van der Waals surface area contributed by atoms with Gasteiger partial charge < -0.3 is 14.5 Å². The first-order valence-corrected chi connectivity index (χ1v) is 7.62. The average molecular weight is 364 g/mol. The lowest BCUT2D eigenvalue weighted by Gasteiger charge is -2.09. The van der Waals surface area contributed by atoms with Gasteiger partial charge in [-0.15, -0.1) is 0 Å². The lowest BCUT2D eigenvalue weighted by Crippen LogP contribution is -2.21. The van der Waals surface area contributed by atoms with Crippen LogP contribution in [0.15, 0.2) is 51.7 Å². The molecule has 1 N–H and O–H groups in total. The highest BCUT2D eigenvalue weighted by molar-refractivity contribution is 6.38. The molecule has 0 atom stereocenters. The predicted molar refractivity (Wildman–Crippen MR) is 93.5 cm³/mol. The van der Waals surface area contributed by atoms with Crippen molar-refractivity contribution in [2.24, 2.45) is 0 Å². The van der Waals surface area contributed by atoms with Crippen molar-refractivity contribution < 1.29 is 13.9 Å². The second-order valence-electron chi connectivity index (χ2n) is 4.91. The van der Waals surface area contributed by atoms with E-state index in [0.29, 0.717) is 21.8 Å². The molecular formula is C17H11Cl2NO4. The number of rotatable bonds is 3. The molecule has 0 bridgehead atoms. The molecule has 1 heterocycles. The minimum Gasteiger partial charge on any atom is -0.495 e. The number of halogens is 2. The highest BCUT2D eigenvalue weighted by Crippen LogP contribution is 2.28. The first-order chi connectivity index (χ1) is 11.5. The van der Waals surface area contributed by atoms with Crippen LogP contribution in [-0.4, -0.2) is 13.0 Å². The molecule has 0 spiro atoms. The predicted octanol–water partition coefficient (Wildman–Crippen LogP) is 4.36. The number of fused-ring (bicyclic) bond motifs is 1. The number of anilines is 1. The Balaban J connectivity index is 2.04. The number of carbonyl (C=O) groups is 1. The Morgan fingerprint density at radius 3 is 2.67 bits per heavy atom. The zero-order chi connectivity index (χ0) is 17.3. The largest absolute Gasteiger partial charge is 0.495 e. The van der Waals surface area contributed by atoms with Crippen molar-refractivity contribution in [2.75, 3.05) is 12.4 Å². The van der Waals surface area contributed by atoms with Gasteiger partial charge in [0.25, 0.3) is 5.91 Å². The minimum atomic E-state index is -0.792. The molecule has 0 saturated carbocycles. The molecular weight excluding hydrogens is 353 g/mol. The summed E-state index contributed by atoms with van der Waals surface area (Å²) in [7, 11) is 1.49. The third-order valence-corrected chi connectivity index (χ3v) is 3.85. The number of hydrogen-bond acceptors (Lipinski definition) is 4. The Morgan fingerprint density at radius 2 is 1.92 bits per heavy atom. The number of nitrogens with one attached hydrogen (secondary N) is 1. The van der Waals surface area contributed by atoms with Crippen LogP contribution in [0.5, 0.6) is 5.75 Å². The monoisotopic (exact) mass is 363 g/mol. The molecule has 0 aliphatic heterocycles. The maximum atomic E-state index is 12.4. The Morgan fingerprint density at radius 1 is 1.17 bits per heavy atom. The summed E-state index contributed by atoms with van der Waals surface area (Å²) in [5.41, 5.74) is -0.334. The summed E-state index contributed by atoms with van der Waals surface area (Å²) in [4.78, 5) is 24.5. The van der Waals surface area contributed by atoms with Crippen molar-refractivity contribution in [3.8, 4) is 5.75 Å². The number of amides is 1. The minimum absolute atomic E-state index is 0.160. The molecule has 5 nitrogen and oxygen atoms in total. The van der Waals surface area contributed by atoms with Crippen LogP contribution in [0.3, 0.4) is 0 Å². The summed E-state index contributed by atoms with van der Waals surface area (Å²) in [6.45, 7) is 0. The van der Waals surface area contributed by atoms with Gasteiger partial charge in [-0.1, -0.05) is 35.3 Å². The summed E-state index contributed by atoms with van der Waals surface area (Å²) in [6, 6.07) is 11.3. The Hall–Kier alpha value is -2.50. The molecule has 122 valence electrons. The van der Waals surface area contributed by atoms with Crippen molar-refractivity contribution >= 4 is 45.8 Å². The summed E-state index contributed by atoms with van der Waals surface area (Å²) in [5.74, 6) is -0.145. The quantitative estimate of drug-likeness (QED) is 0.701. The standard InChI is InChI=1S/C17H11Cl2NO4/c1-23-14-5-3-2-4-13(14)20-16(21)11-7-9-6-10(18)8-12(19)15(9)24-17(11)22/h2-8H,1H3,(H,20,21). The zero-order valence-electron chi connectivity index (χ0n) is 12.4. The van der Waals surface area contributed by atoms with Gasteiger partial charge in [-0.25, -0.2) is 4.79 Å². The Labute approximate surface area is 146 Å². The lowest BCUT2D eigenvalue weighted by atomic mass is 10.1. The normalized spacial score (nSPS) is 10.6. The summed E-state index contributed by atoms with van der Waals surface area (Å²) in [5, 5.41) is 3.65. The molecule has 3 rings (SSSR count). The van der Waals surface area contributed by atoms with E-state index in [0.717, 1.165) is 0 Å². The zero-order valence-corrected chi connectivity index (χ0v) is 13.9. The van der Waals surface area contributed by atoms with Gasteiger partial charge in [0, 0.05) is 10.4 Å². The van der Waals surface area contributed by atoms with Gasteiger partial charge in [-0.05, 0) is 30.3 Å². The third-order valence-electron chi connectivity index (χ3n) is 3.35. The molecule has 0 aliphatic rings. The van der Waals surface area contributed by atoms with E-state index >= 15 is 0 Å². The first kappa shape index (κ1) is 16.4. The van der Waals surface area contributed by atoms with Crippen molar-refractivity contribution in [3.63, 3.8) is 0 Å². The van der Waals surface area contributed by atoms with Gasteiger partial charge in [0.15, 0.2) is 5.58 Å². The fraction of sp³-hybridized carbons (Fsp3) is 0.0588. The number of benzene rings is 2. The number of methoxy groups -OCH3 is 1. The van der Waals surface area contributed by atoms with E-state index < -0.39 is 11.5 Å². The molecule has 2 aromatic carbocycles. The van der Waals surface area contributed by atoms with Crippen LogP contribution < -0.4 is 15.7 Å². The van der Waals surface area contributed by atoms with Crippen LogP contribution in [0.1, 0.15) is 10.4 Å². The number of para-hydroxylation sites is 2. The fourth-order valence-corrected chi connectivity index (χ4v) is 2.80. The molecule has 7 heteroatoms. The highest BCUT2D eigenvalue weighted by atomic mass is 35.5. The van der Waals surface area contributed by atoms with Crippen molar-refractivity contribution in [1.82, 2.24) is 0 Å². The second-order valence-corrected chi connectivity index (χ2v) is 5.75. The topological polar surface area (TPSA) is 68.5 Å². The first-order valence-electron chi connectivity index (χ1n) is 6.87. The molecule has 0 saturated heterocycles. The molecule has 0 fully saturated rings. The Kier molecular flexibility index (Phi) is 4.46. The number of ether oxygens (including phenoxy) is 1. The average Bonchev–Trinajstić information content (AvgIpc) is 2.55. The molecule has 1 aromatic heterocycles. The van der Waals surface area contributed by atoms with Gasteiger partial charge in [0.2, 0.25) is 0 Å². The van der Waals surface area contributed by atoms with Crippen LogP contribution in [0.4, 0.5) is 5.69 Å². The van der Waals surface area contributed by atoms with E-state index in [2.05, 4.69) is 5.32 Å². The van der Waals surface area contributed by atoms with E-state index in [1.54, 1.807) is 30.3 Å². The van der Waals surface area contributed by atoms with Crippen molar-refractivity contribution in [3.05, 3.63) is 68.5 Å². The fourth-order valence-electron chi connectivity index (χ4n) is 2.25. The van der Waals surface area contributed by atoms with Crippen LogP contribution in [0, 0.1) is 0 Å². The summed E-state index contributed by atoms with van der Waals surface area (Å²) < 4.78 is 10.3. The van der Waals surface area contributed by atoms with Crippen molar-refractivity contribution in [2.45, 2.75) is 0 Å². The van der Waals surface area contributed by atoms with E-state index in [-0.39, 0.29) is 16.2 Å². The summed E-state index contributed by atoms with van der Waals surface area (Å²) >= 11 is 11.9.